The molecule has 1 aliphatic rings. The van der Waals surface area contributed by atoms with Crippen LogP contribution in [0.5, 0.6) is 5.75 Å². The average molecular weight is 376 g/mol. The second-order valence-electron chi connectivity index (χ2n) is 6.59. The molecule has 1 saturated heterocycles. The highest BCUT2D eigenvalue weighted by atomic mass is 16.5. The van der Waals surface area contributed by atoms with Crippen molar-refractivity contribution in [3.63, 3.8) is 0 Å². The Bertz CT molecular complexity index is 986. The Labute approximate surface area is 162 Å². The van der Waals surface area contributed by atoms with Crippen LogP contribution in [-0.4, -0.2) is 43.9 Å². The summed E-state index contributed by atoms with van der Waals surface area (Å²) in [4.78, 5) is 12.9. The summed E-state index contributed by atoms with van der Waals surface area (Å²) in [6, 6.07) is 3.84. The summed E-state index contributed by atoms with van der Waals surface area (Å²) in [5.74, 6) is 0.901. The van der Waals surface area contributed by atoms with Crippen molar-refractivity contribution in [3.05, 3.63) is 42.7 Å². The van der Waals surface area contributed by atoms with Gasteiger partial charge in [-0.15, -0.1) is 0 Å². The summed E-state index contributed by atoms with van der Waals surface area (Å²) >= 11 is 0. The number of rotatable bonds is 5. The van der Waals surface area contributed by atoms with E-state index in [1.165, 1.54) is 0 Å². The number of aryl methyl sites for hydroxylation is 1. The minimum Gasteiger partial charge on any atom is -0.486 e. The largest absolute Gasteiger partial charge is 0.486 e. The summed E-state index contributed by atoms with van der Waals surface area (Å²) in [5.41, 5.74) is 2.76. The average Bonchev–Trinajstić information content (AvgIpc) is 3.16. The van der Waals surface area contributed by atoms with Crippen molar-refractivity contribution < 1.29 is 4.74 Å². The van der Waals surface area contributed by atoms with Crippen LogP contribution in [0.15, 0.2) is 37.1 Å². The molecule has 1 atom stereocenters. The van der Waals surface area contributed by atoms with E-state index in [-0.39, 0.29) is 11.8 Å². The number of piperidine rings is 1. The van der Waals surface area contributed by atoms with Crippen LogP contribution in [0.3, 0.4) is 0 Å². The molecule has 0 radical (unpaired) electrons. The van der Waals surface area contributed by atoms with E-state index in [9.17, 15) is 5.26 Å². The first kappa shape index (κ1) is 17.9. The molecular formula is C19H20N8O. The van der Waals surface area contributed by atoms with E-state index in [1.807, 2.05) is 13.2 Å². The number of ether oxygens (including phenoxy) is 1. The number of nitrogens with one attached hydrogen (secondary N) is 2. The van der Waals surface area contributed by atoms with Gasteiger partial charge in [-0.05, 0) is 19.4 Å². The highest BCUT2D eigenvalue weighted by Gasteiger charge is 2.17. The lowest BCUT2D eigenvalue weighted by Crippen LogP contribution is -2.37. The number of anilines is 2. The Morgan fingerprint density at radius 3 is 2.75 bits per heavy atom. The maximum absolute atomic E-state index is 9.31. The number of aromatic nitrogens is 5. The fourth-order valence-corrected chi connectivity index (χ4v) is 3.03. The van der Waals surface area contributed by atoms with Crippen molar-refractivity contribution >= 4 is 11.6 Å². The molecule has 1 fully saturated rings. The van der Waals surface area contributed by atoms with Gasteiger partial charge < -0.3 is 15.4 Å². The zero-order valence-corrected chi connectivity index (χ0v) is 15.5. The molecule has 9 heteroatoms. The molecule has 3 aromatic rings. The lowest BCUT2D eigenvalue weighted by molar-refractivity contribution is 0.166. The van der Waals surface area contributed by atoms with Crippen LogP contribution in [0.1, 0.15) is 18.5 Å². The van der Waals surface area contributed by atoms with Crippen molar-refractivity contribution in [1.82, 2.24) is 30.0 Å². The van der Waals surface area contributed by atoms with E-state index in [0.717, 1.165) is 37.1 Å². The van der Waals surface area contributed by atoms with Gasteiger partial charge >= 0.3 is 0 Å². The first-order chi connectivity index (χ1) is 13.7. The fourth-order valence-electron chi connectivity index (χ4n) is 3.03. The zero-order chi connectivity index (χ0) is 19.3. The molecule has 0 saturated carbocycles. The molecule has 28 heavy (non-hydrogen) atoms. The number of hydrogen-bond donors (Lipinski definition) is 2. The van der Waals surface area contributed by atoms with Gasteiger partial charge in [-0.1, -0.05) is 0 Å². The van der Waals surface area contributed by atoms with Crippen molar-refractivity contribution in [2.75, 3.05) is 18.4 Å². The fraction of sp³-hybridized carbons (Fsp3) is 0.316. The van der Waals surface area contributed by atoms with E-state index in [4.69, 9.17) is 4.74 Å². The van der Waals surface area contributed by atoms with E-state index < -0.39 is 0 Å². The van der Waals surface area contributed by atoms with E-state index in [2.05, 4.69) is 36.8 Å². The maximum atomic E-state index is 9.31. The lowest BCUT2D eigenvalue weighted by atomic mass is 10.1. The van der Waals surface area contributed by atoms with Gasteiger partial charge in [-0.3, -0.25) is 4.68 Å². The third kappa shape index (κ3) is 4.07. The predicted octanol–water partition coefficient (Wildman–Crippen LogP) is 2.02. The highest BCUT2D eigenvalue weighted by molar-refractivity contribution is 5.62. The van der Waals surface area contributed by atoms with Crippen LogP contribution < -0.4 is 15.4 Å². The van der Waals surface area contributed by atoms with Gasteiger partial charge in [0.2, 0.25) is 5.95 Å². The van der Waals surface area contributed by atoms with Gasteiger partial charge in [0.05, 0.1) is 18.1 Å². The monoisotopic (exact) mass is 376 g/mol. The summed E-state index contributed by atoms with van der Waals surface area (Å²) < 4.78 is 7.73. The lowest BCUT2D eigenvalue weighted by Gasteiger charge is -2.24. The summed E-state index contributed by atoms with van der Waals surface area (Å²) in [6.45, 7) is 1.76. The van der Waals surface area contributed by atoms with Crippen LogP contribution in [0.2, 0.25) is 0 Å². The third-order valence-corrected chi connectivity index (χ3v) is 4.45. The topological polar surface area (TPSA) is 114 Å². The number of pyridine rings is 1. The molecule has 3 aromatic heterocycles. The predicted molar refractivity (Wildman–Crippen MR) is 103 cm³/mol. The number of nitriles is 1. The van der Waals surface area contributed by atoms with Gasteiger partial charge in [0.25, 0.3) is 0 Å². The van der Waals surface area contributed by atoms with Gasteiger partial charge in [-0.2, -0.15) is 10.4 Å². The quantitative estimate of drug-likeness (QED) is 0.695. The van der Waals surface area contributed by atoms with Crippen molar-refractivity contribution in [3.8, 4) is 22.9 Å². The molecule has 142 valence electrons. The third-order valence-electron chi connectivity index (χ3n) is 4.45. The Morgan fingerprint density at radius 2 is 2.07 bits per heavy atom. The minimum absolute atomic E-state index is 0.0351. The van der Waals surface area contributed by atoms with Crippen molar-refractivity contribution in [2.24, 2.45) is 7.05 Å². The Morgan fingerprint density at radius 1 is 1.21 bits per heavy atom. The van der Waals surface area contributed by atoms with Gasteiger partial charge in [-0.25, -0.2) is 15.0 Å². The molecule has 2 N–H and O–H groups in total. The molecular weight excluding hydrogens is 356 g/mol. The van der Waals surface area contributed by atoms with Crippen molar-refractivity contribution in [2.45, 2.75) is 18.9 Å². The zero-order valence-electron chi connectivity index (χ0n) is 15.5. The number of hydrogen-bond acceptors (Lipinski definition) is 8. The first-order valence-electron chi connectivity index (χ1n) is 9.07. The molecule has 4 heterocycles. The molecule has 0 bridgehead atoms. The van der Waals surface area contributed by atoms with Gasteiger partial charge in [0, 0.05) is 49.4 Å². The second-order valence-corrected chi connectivity index (χ2v) is 6.59. The normalized spacial score (nSPS) is 16.4. The first-order valence-corrected chi connectivity index (χ1v) is 9.07. The van der Waals surface area contributed by atoms with Gasteiger partial charge in [0.1, 0.15) is 12.2 Å². The van der Waals surface area contributed by atoms with Crippen molar-refractivity contribution in [1.29, 1.82) is 5.26 Å². The molecule has 0 amide bonds. The smallest absolute Gasteiger partial charge is 0.227 e. The number of nitrogens with zero attached hydrogens (tertiary/aromatic N) is 6. The van der Waals surface area contributed by atoms with Crippen LogP contribution in [0.25, 0.3) is 11.1 Å². The summed E-state index contributed by atoms with van der Waals surface area (Å²) in [5, 5.41) is 19.9. The Kier molecular flexibility index (Phi) is 5.12. The molecule has 1 aliphatic heterocycles. The molecule has 0 spiro atoms. The minimum atomic E-state index is 0.0351. The maximum Gasteiger partial charge on any atom is 0.227 e. The van der Waals surface area contributed by atoms with E-state index in [0.29, 0.717) is 17.4 Å². The molecule has 9 nitrogen and oxygen atoms in total. The standard InChI is InChI=1S/C19H20N8O/c1-27-12-14(9-25-27)13-7-23-19(24-8-13)26-15-5-18(17(6-20)22-10-15)28-16-3-2-4-21-11-16/h5,7-10,12,16,21H,2-4,11H2,1H3,(H,23,24,26)/t16-/m0/s1. The van der Waals surface area contributed by atoms with E-state index >= 15 is 0 Å². The highest BCUT2D eigenvalue weighted by Crippen LogP contribution is 2.25. The van der Waals surface area contributed by atoms with Crippen LogP contribution in [0, 0.1) is 11.3 Å². The summed E-state index contributed by atoms with van der Waals surface area (Å²) in [6.07, 6.45) is 10.7. The summed E-state index contributed by atoms with van der Waals surface area (Å²) in [7, 11) is 1.86. The van der Waals surface area contributed by atoms with E-state index in [1.54, 1.807) is 35.5 Å². The van der Waals surface area contributed by atoms with Crippen LogP contribution in [0.4, 0.5) is 11.6 Å². The Balaban J connectivity index is 1.49. The second kappa shape index (κ2) is 8.02. The molecule has 0 aliphatic carbocycles. The van der Waals surface area contributed by atoms with Gasteiger partial charge in [0.15, 0.2) is 11.4 Å². The molecule has 0 aromatic carbocycles. The Hall–Kier alpha value is -3.51. The van der Waals surface area contributed by atoms with Crippen LogP contribution in [-0.2, 0) is 7.05 Å². The van der Waals surface area contributed by atoms with Crippen LogP contribution >= 0.6 is 0 Å². The molecule has 4 rings (SSSR count). The SMILES string of the molecule is Cn1cc(-c2cnc(Nc3cnc(C#N)c(O[C@H]4CCCNC4)c3)nc2)cn1. The molecule has 0 unspecified atom stereocenters.